The maximum atomic E-state index is 12.6. The van der Waals surface area contributed by atoms with Crippen molar-refractivity contribution >= 4 is 27.3 Å². The lowest BCUT2D eigenvalue weighted by atomic mass is 10.1. The summed E-state index contributed by atoms with van der Waals surface area (Å²) in [5, 5.41) is 3.01. The zero-order valence-corrected chi connectivity index (χ0v) is 11.8. The molecule has 3 rings (SSSR count). The van der Waals surface area contributed by atoms with E-state index in [0.717, 1.165) is 15.6 Å². The number of benzene rings is 1. The summed E-state index contributed by atoms with van der Waals surface area (Å²) in [6.45, 7) is 0.551. The molecule has 0 bridgehead atoms. The van der Waals surface area contributed by atoms with Gasteiger partial charge in [-0.25, -0.2) is 0 Å². The van der Waals surface area contributed by atoms with Gasteiger partial charge in [0, 0.05) is 35.1 Å². The minimum absolute atomic E-state index is 0.0970. The first kappa shape index (κ1) is 12.6. The van der Waals surface area contributed by atoms with Gasteiger partial charge in [0.1, 0.15) is 0 Å². The van der Waals surface area contributed by atoms with Gasteiger partial charge in [0.2, 0.25) is 0 Å². The molecule has 0 radical (unpaired) electrons. The predicted molar refractivity (Wildman–Crippen MR) is 79.5 cm³/mol. The summed E-state index contributed by atoms with van der Waals surface area (Å²) in [6, 6.07) is 8.24. The molecule has 4 heteroatoms. The molecule has 1 amide bonds. The molecular formula is C15H18N2OS. The molecule has 2 aromatic rings. The predicted octanol–water partition coefficient (Wildman–Crippen LogP) is 2.71. The Hall–Kier alpha value is -1.39. The number of hydrogen-bond acceptors (Lipinski definition) is 3. The molecule has 1 atom stereocenters. The van der Waals surface area contributed by atoms with Crippen LogP contribution in [0.25, 0.3) is 10.1 Å². The molecule has 0 spiro atoms. The van der Waals surface area contributed by atoms with Crippen molar-refractivity contribution in [3.63, 3.8) is 0 Å². The third-order valence-electron chi connectivity index (χ3n) is 3.94. The Morgan fingerprint density at radius 3 is 2.89 bits per heavy atom. The Kier molecular flexibility index (Phi) is 3.29. The summed E-state index contributed by atoms with van der Waals surface area (Å²) in [7, 11) is 1.88. The molecule has 3 nitrogen and oxygen atoms in total. The number of rotatable bonds is 4. The van der Waals surface area contributed by atoms with Crippen LogP contribution in [0.2, 0.25) is 0 Å². The average molecular weight is 274 g/mol. The van der Waals surface area contributed by atoms with Gasteiger partial charge in [0.05, 0.1) is 5.56 Å². The largest absolute Gasteiger partial charge is 0.337 e. The maximum absolute atomic E-state index is 12.6. The van der Waals surface area contributed by atoms with E-state index in [1.807, 2.05) is 35.5 Å². The van der Waals surface area contributed by atoms with Crippen molar-refractivity contribution < 1.29 is 4.79 Å². The Morgan fingerprint density at radius 2 is 2.21 bits per heavy atom. The third kappa shape index (κ3) is 2.26. The molecule has 1 fully saturated rings. The van der Waals surface area contributed by atoms with Crippen molar-refractivity contribution in [1.82, 2.24) is 4.90 Å². The van der Waals surface area contributed by atoms with Gasteiger partial charge in [-0.05, 0) is 24.8 Å². The average Bonchev–Trinajstić information content (AvgIpc) is 3.17. The summed E-state index contributed by atoms with van der Waals surface area (Å²) in [6.07, 6.45) is 2.40. The van der Waals surface area contributed by atoms with Crippen LogP contribution >= 0.6 is 11.3 Å². The van der Waals surface area contributed by atoms with Crippen molar-refractivity contribution in [2.75, 3.05) is 13.6 Å². The lowest BCUT2D eigenvalue weighted by molar-refractivity contribution is 0.0721. The van der Waals surface area contributed by atoms with Gasteiger partial charge in [-0.1, -0.05) is 18.2 Å². The molecule has 1 saturated carbocycles. The Bertz CT molecular complexity index is 603. The first-order valence-electron chi connectivity index (χ1n) is 6.66. The van der Waals surface area contributed by atoms with E-state index in [-0.39, 0.29) is 11.9 Å². The normalized spacial score (nSPS) is 16.5. The van der Waals surface area contributed by atoms with E-state index in [1.54, 1.807) is 11.3 Å². The second kappa shape index (κ2) is 4.94. The molecule has 1 aromatic carbocycles. The van der Waals surface area contributed by atoms with Crippen LogP contribution in [-0.2, 0) is 0 Å². The number of nitrogens with two attached hydrogens (primary N) is 1. The second-order valence-corrected chi connectivity index (χ2v) is 6.11. The van der Waals surface area contributed by atoms with Crippen molar-refractivity contribution in [3.05, 3.63) is 35.2 Å². The van der Waals surface area contributed by atoms with Gasteiger partial charge in [-0.3, -0.25) is 4.79 Å². The van der Waals surface area contributed by atoms with E-state index < -0.39 is 0 Å². The van der Waals surface area contributed by atoms with Crippen LogP contribution in [0, 0.1) is 5.92 Å². The highest BCUT2D eigenvalue weighted by molar-refractivity contribution is 7.17. The fraction of sp³-hybridized carbons (Fsp3) is 0.400. The van der Waals surface area contributed by atoms with E-state index in [4.69, 9.17) is 5.73 Å². The zero-order chi connectivity index (χ0) is 13.4. The van der Waals surface area contributed by atoms with E-state index in [0.29, 0.717) is 12.5 Å². The quantitative estimate of drug-likeness (QED) is 0.931. The van der Waals surface area contributed by atoms with Gasteiger partial charge in [-0.2, -0.15) is 0 Å². The minimum Gasteiger partial charge on any atom is -0.337 e. The number of thiophene rings is 1. The van der Waals surface area contributed by atoms with Crippen molar-refractivity contribution in [2.24, 2.45) is 11.7 Å². The standard InChI is InChI=1S/C15H18N2OS/c1-17(13(8-16)10-6-7-10)15(18)12-9-19-14-5-3-2-4-11(12)14/h2-5,9-10,13H,6-8,16H2,1H3. The summed E-state index contributed by atoms with van der Waals surface area (Å²) in [4.78, 5) is 14.5. The molecule has 0 aliphatic heterocycles. The van der Waals surface area contributed by atoms with Gasteiger partial charge in [0.15, 0.2) is 0 Å². The molecule has 19 heavy (non-hydrogen) atoms. The molecule has 100 valence electrons. The molecule has 1 heterocycles. The van der Waals surface area contributed by atoms with Crippen molar-refractivity contribution in [2.45, 2.75) is 18.9 Å². The summed E-state index contributed by atoms with van der Waals surface area (Å²) in [5.41, 5.74) is 6.63. The molecule has 1 aliphatic carbocycles. The number of hydrogen-bond donors (Lipinski definition) is 1. The van der Waals surface area contributed by atoms with Crippen LogP contribution in [0.4, 0.5) is 0 Å². The number of amides is 1. The monoisotopic (exact) mass is 274 g/mol. The van der Waals surface area contributed by atoms with Gasteiger partial charge in [0.25, 0.3) is 5.91 Å². The van der Waals surface area contributed by atoms with Crippen LogP contribution in [0.3, 0.4) is 0 Å². The smallest absolute Gasteiger partial charge is 0.255 e. The number of nitrogens with zero attached hydrogens (tertiary/aromatic N) is 1. The van der Waals surface area contributed by atoms with Crippen LogP contribution in [0.15, 0.2) is 29.6 Å². The lowest BCUT2D eigenvalue weighted by Gasteiger charge is -2.27. The number of likely N-dealkylation sites (N-methyl/N-ethyl adjacent to an activating group) is 1. The highest BCUT2D eigenvalue weighted by Gasteiger charge is 2.35. The number of fused-ring (bicyclic) bond motifs is 1. The Balaban J connectivity index is 1.90. The lowest BCUT2D eigenvalue weighted by Crippen LogP contribution is -2.43. The topological polar surface area (TPSA) is 46.3 Å². The summed E-state index contributed by atoms with van der Waals surface area (Å²) >= 11 is 1.62. The molecule has 1 aliphatic rings. The van der Waals surface area contributed by atoms with E-state index in [9.17, 15) is 4.79 Å². The molecule has 0 saturated heterocycles. The molecular weight excluding hydrogens is 256 g/mol. The molecule has 1 aromatic heterocycles. The summed E-state index contributed by atoms with van der Waals surface area (Å²) in [5.74, 6) is 0.698. The van der Waals surface area contributed by atoms with Crippen LogP contribution in [0.1, 0.15) is 23.2 Å². The van der Waals surface area contributed by atoms with E-state index in [2.05, 4.69) is 6.07 Å². The highest BCUT2D eigenvalue weighted by atomic mass is 32.1. The molecule has 2 N–H and O–H groups in total. The van der Waals surface area contributed by atoms with Gasteiger partial charge >= 0.3 is 0 Å². The highest BCUT2D eigenvalue weighted by Crippen LogP contribution is 2.35. The number of carbonyl (C=O) groups excluding carboxylic acids is 1. The number of carbonyl (C=O) groups is 1. The van der Waals surface area contributed by atoms with E-state index >= 15 is 0 Å². The Morgan fingerprint density at radius 1 is 1.47 bits per heavy atom. The zero-order valence-electron chi connectivity index (χ0n) is 11.0. The van der Waals surface area contributed by atoms with Gasteiger partial charge in [-0.15, -0.1) is 11.3 Å². The van der Waals surface area contributed by atoms with Crippen molar-refractivity contribution in [3.8, 4) is 0 Å². The fourth-order valence-corrected chi connectivity index (χ4v) is 3.57. The van der Waals surface area contributed by atoms with Gasteiger partial charge < -0.3 is 10.6 Å². The molecule has 1 unspecified atom stereocenters. The van der Waals surface area contributed by atoms with Crippen molar-refractivity contribution in [1.29, 1.82) is 0 Å². The van der Waals surface area contributed by atoms with Crippen LogP contribution < -0.4 is 5.73 Å². The fourth-order valence-electron chi connectivity index (χ4n) is 2.63. The summed E-state index contributed by atoms with van der Waals surface area (Å²) < 4.78 is 1.16. The SMILES string of the molecule is CN(C(=O)c1csc2ccccc12)C(CN)C1CC1. The van der Waals surface area contributed by atoms with Crippen LogP contribution in [0.5, 0.6) is 0 Å². The Labute approximate surface area is 117 Å². The van der Waals surface area contributed by atoms with Crippen LogP contribution in [-0.4, -0.2) is 30.4 Å². The van der Waals surface area contributed by atoms with E-state index in [1.165, 1.54) is 12.8 Å². The second-order valence-electron chi connectivity index (χ2n) is 5.20. The first-order valence-corrected chi connectivity index (χ1v) is 7.53. The maximum Gasteiger partial charge on any atom is 0.255 e. The third-order valence-corrected chi connectivity index (χ3v) is 4.90. The first-order chi connectivity index (χ1) is 9.22. The minimum atomic E-state index is 0.0970.